The van der Waals surface area contributed by atoms with Crippen LogP contribution in [0.25, 0.3) is 0 Å². The average Bonchev–Trinajstić information content (AvgIpc) is 2.86. The fraction of sp³-hybridized carbons (Fsp3) is 0.269. The van der Waals surface area contributed by atoms with E-state index in [1.165, 1.54) is 31.9 Å². The number of benzene rings is 3. The van der Waals surface area contributed by atoms with E-state index in [-0.39, 0.29) is 17.5 Å². The molecule has 0 aliphatic heterocycles. The summed E-state index contributed by atoms with van der Waals surface area (Å²) in [5.74, 6) is 0.432. The van der Waals surface area contributed by atoms with Gasteiger partial charge in [-0.3, -0.25) is 9.10 Å². The number of anilines is 1. The van der Waals surface area contributed by atoms with E-state index in [4.69, 9.17) is 9.47 Å². The van der Waals surface area contributed by atoms with Crippen molar-refractivity contribution < 1.29 is 22.7 Å². The molecule has 0 unspecified atom stereocenters. The lowest BCUT2D eigenvalue weighted by Crippen LogP contribution is -2.43. The third-order valence-electron chi connectivity index (χ3n) is 5.39. The van der Waals surface area contributed by atoms with Gasteiger partial charge in [0, 0.05) is 12.1 Å². The molecule has 0 fully saturated rings. The Hall–Kier alpha value is -3.52. The maximum atomic E-state index is 13.5. The number of hydrogen-bond donors (Lipinski definition) is 1. The molecular formula is C26H30N2O5S. The molecule has 3 aromatic rings. The number of carbonyl (C=O) groups excluding carboxylic acids is 1. The van der Waals surface area contributed by atoms with Gasteiger partial charge in [-0.15, -0.1) is 0 Å². The standard InChI is InChI=1S/C26H30N2O5S/c1-20(14-15-21-10-6-4-7-11-21)27-26(29)19-28(34(30,31)23-12-8-5-9-13-23)22-16-17-24(32-2)25(18-22)33-3/h4-13,16-18,20H,14-15,19H2,1-3H3,(H,27,29)/t20-/m0/s1. The van der Waals surface area contributed by atoms with Crippen molar-refractivity contribution in [2.45, 2.75) is 30.7 Å². The summed E-state index contributed by atoms with van der Waals surface area (Å²) in [5, 5.41) is 2.92. The highest BCUT2D eigenvalue weighted by Crippen LogP contribution is 2.33. The van der Waals surface area contributed by atoms with E-state index < -0.39 is 15.9 Å². The third-order valence-corrected chi connectivity index (χ3v) is 7.18. The second kappa shape index (κ2) is 11.6. The first-order valence-electron chi connectivity index (χ1n) is 11.0. The van der Waals surface area contributed by atoms with Crippen LogP contribution in [0.15, 0.2) is 83.8 Å². The Labute approximate surface area is 201 Å². The molecule has 0 aliphatic carbocycles. The molecule has 0 heterocycles. The fourth-order valence-corrected chi connectivity index (χ4v) is 5.00. The highest BCUT2D eigenvalue weighted by molar-refractivity contribution is 7.92. The third kappa shape index (κ3) is 6.29. The minimum absolute atomic E-state index is 0.0923. The number of sulfonamides is 1. The van der Waals surface area contributed by atoms with Crippen LogP contribution in [0.3, 0.4) is 0 Å². The van der Waals surface area contributed by atoms with Gasteiger partial charge in [0.15, 0.2) is 11.5 Å². The van der Waals surface area contributed by atoms with E-state index in [0.717, 1.165) is 17.1 Å². The lowest BCUT2D eigenvalue weighted by molar-refractivity contribution is -0.120. The maximum Gasteiger partial charge on any atom is 0.264 e. The quantitative estimate of drug-likeness (QED) is 0.446. The summed E-state index contributed by atoms with van der Waals surface area (Å²) in [6.45, 7) is 1.54. The molecule has 1 amide bonds. The first-order valence-corrected chi connectivity index (χ1v) is 12.4. The molecule has 1 atom stereocenters. The average molecular weight is 483 g/mol. The predicted molar refractivity (Wildman–Crippen MR) is 133 cm³/mol. The molecule has 34 heavy (non-hydrogen) atoms. The highest BCUT2D eigenvalue weighted by Gasteiger charge is 2.28. The fourth-order valence-electron chi connectivity index (χ4n) is 3.57. The molecule has 0 radical (unpaired) electrons. The lowest BCUT2D eigenvalue weighted by Gasteiger charge is -2.25. The van der Waals surface area contributed by atoms with Gasteiger partial charge < -0.3 is 14.8 Å². The molecule has 0 aromatic heterocycles. The van der Waals surface area contributed by atoms with Crippen LogP contribution in [-0.4, -0.2) is 41.1 Å². The van der Waals surface area contributed by atoms with Crippen molar-refractivity contribution >= 4 is 21.6 Å². The number of nitrogens with one attached hydrogen (secondary N) is 1. The lowest BCUT2D eigenvalue weighted by atomic mass is 10.1. The number of aryl methyl sites for hydroxylation is 1. The summed E-state index contributed by atoms with van der Waals surface area (Å²) in [6, 6.07) is 22.7. The molecule has 3 rings (SSSR count). The van der Waals surface area contributed by atoms with Gasteiger partial charge in [-0.25, -0.2) is 8.42 Å². The Morgan fingerprint density at radius 1 is 0.912 bits per heavy atom. The van der Waals surface area contributed by atoms with Crippen LogP contribution in [0.5, 0.6) is 11.5 Å². The minimum Gasteiger partial charge on any atom is -0.493 e. The summed E-state index contributed by atoms with van der Waals surface area (Å²) < 4.78 is 38.7. The molecule has 7 nitrogen and oxygen atoms in total. The second-order valence-corrected chi connectivity index (χ2v) is 9.72. The van der Waals surface area contributed by atoms with Crippen LogP contribution in [0.2, 0.25) is 0 Å². The van der Waals surface area contributed by atoms with E-state index in [2.05, 4.69) is 5.32 Å². The van der Waals surface area contributed by atoms with Gasteiger partial charge in [-0.1, -0.05) is 48.5 Å². The van der Waals surface area contributed by atoms with E-state index in [9.17, 15) is 13.2 Å². The summed E-state index contributed by atoms with van der Waals surface area (Å²) in [4.78, 5) is 13.0. The number of ether oxygens (including phenoxy) is 2. The van der Waals surface area contributed by atoms with Crippen molar-refractivity contribution in [2.24, 2.45) is 0 Å². The predicted octanol–water partition coefficient (Wildman–Crippen LogP) is 4.04. The van der Waals surface area contributed by atoms with Crippen LogP contribution < -0.4 is 19.1 Å². The zero-order valence-corrected chi connectivity index (χ0v) is 20.4. The molecule has 0 saturated carbocycles. The molecule has 3 aromatic carbocycles. The van der Waals surface area contributed by atoms with E-state index >= 15 is 0 Å². The molecular weight excluding hydrogens is 452 g/mol. The summed E-state index contributed by atoms with van der Waals surface area (Å²) in [6.07, 6.45) is 1.54. The molecule has 0 aliphatic rings. The number of methoxy groups -OCH3 is 2. The van der Waals surface area contributed by atoms with Gasteiger partial charge in [-0.2, -0.15) is 0 Å². The second-order valence-electron chi connectivity index (χ2n) is 7.86. The molecule has 8 heteroatoms. The summed E-state index contributed by atoms with van der Waals surface area (Å²) in [7, 11) is -1.04. The number of carbonyl (C=O) groups is 1. The van der Waals surface area contributed by atoms with Gasteiger partial charge in [0.05, 0.1) is 24.8 Å². The van der Waals surface area contributed by atoms with Gasteiger partial charge in [-0.05, 0) is 49.6 Å². The molecule has 0 bridgehead atoms. The topological polar surface area (TPSA) is 84.9 Å². The van der Waals surface area contributed by atoms with Crippen molar-refractivity contribution in [3.8, 4) is 11.5 Å². The Morgan fingerprint density at radius 3 is 2.15 bits per heavy atom. The number of hydrogen-bond acceptors (Lipinski definition) is 5. The molecule has 0 saturated heterocycles. The summed E-state index contributed by atoms with van der Waals surface area (Å²) >= 11 is 0. The highest BCUT2D eigenvalue weighted by atomic mass is 32.2. The molecule has 0 spiro atoms. The van der Waals surface area contributed by atoms with E-state index in [1.807, 2.05) is 37.3 Å². The molecule has 180 valence electrons. The van der Waals surface area contributed by atoms with Crippen molar-refractivity contribution in [3.05, 3.63) is 84.4 Å². The maximum absolute atomic E-state index is 13.5. The SMILES string of the molecule is COc1ccc(N(CC(=O)N[C@@H](C)CCc2ccccc2)S(=O)(=O)c2ccccc2)cc1OC. The van der Waals surface area contributed by atoms with Crippen LogP contribution in [0.1, 0.15) is 18.9 Å². The number of rotatable bonds is 11. The summed E-state index contributed by atoms with van der Waals surface area (Å²) in [5.41, 5.74) is 1.48. The Morgan fingerprint density at radius 2 is 1.53 bits per heavy atom. The normalized spacial score (nSPS) is 12.0. The minimum atomic E-state index is -4.01. The number of amides is 1. The zero-order chi connectivity index (χ0) is 24.6. The van der Waals surface area contributed by atoms with Crippen LogP contribution in [0.4, 0.5) is 5.69 Å². The van der Waals surface area contributed by atoms with Gasteiger partial charge >= 0.3 is 0 Å². The van der Waals surface area contributed by atoms with Crippen molar-refractivity contribution in [2.75, 3.05) is 25.1 Å². The monoisotopic (exact) mass is 482 g/mol. The Kier molecular flexibility index (Phi) is 8.54. The molecule has 1 N–H and O–H groups in total. The van der Waals surface area contributed by atoms with Crippen molar-refractivity contribution in [1.29, 1.82) is 0 Å². The number of nitrogens with zero attached hydrogens (tertiary/aromatic N) is 1. The Bertz CT molecular complexity index is 1180. The van der Waals surface area contributed by atoms with Gasteiger partial charge in [0.2, 0.25) is 5.91 Å². The zero-order valence-electron chi connectivity index (χ0n) is 19.6. The smallest absolute Gasteiger partial charge is 0.264 e. The van der Waals surface area contributed by atoms with Crippen molar-refractivity contribution in [1.82, 2.24) is 5.32 Å². The Balaban J connectivity index is 1.82. The van der Waals surface area contributed by atoms with Crippen molar-refractivity contribution in [3.63, 3.8) is 0 Å². The van der Waals surface area contributed by atoms with E-state index in [0.29, 0.717) is 17.2 Å². The van der Waals surface area contributed by atoms with Crippen LogP contribution in [-0.2, 0) is 21.2 Å². The van der Waals surface area contributed by atoms with Crippen LogP contribution in [0, 0.1) is 0 Å². The largest absolute Gasteiger partial charge is 0.493 e. The first kappa shape index (κ1) is 25.1. The van der Waals surface area contributed by atoms with Crippen LogP contribution >= 0.6 is 0 Å². The first-order chi connectivity index (χ1) is 16.3. The van der Waals surface area contributed by atoms with Gasteiger partial charge in [0.25, 0.3) is 10.0 Å². The van der Waals surface area contributed by atoms with E-state index in [1.54, 1.807) is 36.4 Å². The van der Waals surface area contributed by atoms with Gasteiger partial charge in [0.1, 0.15) is 6.54 Å².